The summed E-state index contributed by atoms with van der Waals surface area (Å²) >= 11 is 0. The van der Waals surface area contributed by atoms with E-state index >= 15 is 0 Å². The molecule has 3 N–H and O–H groups in total. The van der Waals surface area contributed by atoms with Gasteiger partial charge >= 0.3 is 0 Å². The molecule has 0 spiro atoms. The third-order valence-electron chi connectivity index (χ3n) is 9.39. The van der Waals surface area contributed by atoms with Crippen molar-refractivity contribution >= 4 is 29.4 Å². The Morgan fingerprint density at radius 2 is 1.34 bits per heavy atom. The molecule has 1 saturated heterocycles. The molecule has 3 aromatic carbocycles. The number of nitrogens with one attached hydrogen (secondary N) is 2. The fraction of sp³-hybridized carbons (Fsp3) is 0.432. The monoisotopic (exact) mass is 769 g/mol. The van der Waals surface area contributed by atoms with Gasteiger partial charge in [-0.1, -0.05) is 82.1 Å². The molecule has 4 amide bonds. The fourth-order valence-electron chi connectivity index (χ4n) is 6.14. The molecule has 0 saturated carbocycles. The summed E-state index contributed by atoms with van der Waals surface area (Å²) in [5.74, 6) is -4.40. The summed E-state index contributed by atoms with van der Waals surface area (Å²) in [5, 5.41) is 12.2. The molecule has 12 heteroatoms. The average molecular weight is 770 g/mol. The predicted molar refractivity (Wildman–Crippen MR) is 218 cm³/mol. The number of nitrogens with zero attached hydrogens (tertiary/aromatic N) is 3. The second-order valence-electron chi connectivity index (χ2n) is 13.7. The number of fused-ring (bicyclic) bond motifs is 1. The van der Waals surface area contributed by atoms with Gasteiger partial charge < -0.3 is 15.0 Å². The van der Waals surface area contributed by atoms with Crippen molar-refractivity contribution in [3.8, 4) is 18.6 Å². The first-order chi connectivity index (χ1) is 27.0. The van der Waals surface area contributed by atoms with E-state index in [1.54, 1.807) is 41.9 Å². The van der Waals surface area contributed by atoms with Gasteiger partial charge in [-0.25, -0.2) is 5.48 Å². The molecule has 2 heterocycles. The van der Waals surface area contributed by atoms with Gasteiger partial charge in [-0.2, -0.15) is 0 Å². The molecular weight excluding hydrogens is 711 g/mol. The maximum atomic E-state index is 13.5. The highest BCUT2D eigenvalue weighted by molar-refractivity contribution is 6.21. The second-order valence-corrected chi connectivity index (χ2v) is 13.7. The molecule has 0 bridgehead atoms. The van der Waals surface area contributed by atoms with Crippen molar-refractivity contribution in [2.75, 3.05) is 59.5 Å². The Hall–Kier alpha value is -5.35. The van der Waals surface area contributed by atoms with E-state index in [0.717, 1.165) is 37.6 Å². The van der Waals surface area contributed by atoms with Crippen LogP contribution in [0, 0.1) is 37.5 Å². The van der Waals surface area contributed by atoms with Crippen LogP contribution in [0.1, 0.15) is 77.2 Å². The summed E-state index contributed by atoms with van der Waals surface area (Å²) in [5.41, 5.74) is 3.73. The third kappa shape index (κ3) is 14.4. The average Bonchev–Trinajstić information content (AvgIpc) is 3.46. The fourth-order valence-corrected chi connectivity index (χ4v) is 6.14. The van der Waals surface area contributed by atoms with Gasteiger partial charge in [-0.3, -0.25) is 39.0 Å². The number of Topliss-reactive ketones (excluding diaryl/α,β-unsaturated/α-hetero) is 1. The molecular formula is C44H59N5O7. The zero-order chi connectivity index (χ0) is 41.6. The number of hydroxylamine groups is 1. The van der Waals surface area contributed by atoms with E-state index in [0.29, 0.717) is 24.3 Å². The Balaban J connectivity index is 0.000000863. The molecule has 1 fully saturated rings. The number of carbonyl (C=O) groups excluding carboxylic acids is 5. The van der Waals surface area contributed by atoms with Crippen LogP contribution in [-0.2, 0) is 9.59 Å². The van der Waals surface area contributed by atoms with Gasteiger partial charge in [0.15, 0.2) is 5.78 Å². The van der Waals surface area contributed by atoms with Crippen LogP contribution in [-0.4, -0.2) is 109 Å². The number of piperazine rings is 1. The normalized spacial score (nSPS) is 14.7. The smallest absolute Gasteiger partial charge is 0.261 e. The summed E-state index contributed by atoms with van der Waals surface area (Å²) in [7, 11) is 2.11. The number of terminal acetylenes is 1. The minimum atomic E-state index is -1.24. The zero-order valence-corrected chi connectivity index (χ0v) is 33.7. The Morgan fingerprint density at radius 3 is 1.84 bits per heavy atom. The lowest BCUT2D eigenvalue weighted by Gasteiger charge is -2.32. The first kappa shape index (κ1) is 46.8. The Morgan fingerprint density at radius 1 is 0.786 bits per heavy atom. The molecule has 1 unspecified atom stereocenters. The highest BCUT2D eigenvalue weighted by Gasteiger charge is 2.42. The molecule has 2 atom stereocenters. The van der Waals surface area contributed by atoms with E-state index in [9.17, 15) is 29.2 Å². The van der Waals surface area contributed by atoms with Gasteiger partial charge in [0.25, 0.3) is 11.8 Å². The lowest BCUT2D eigenvalue weighted by molar-refractivity contribution is -0.140. The molecule has 5 rings (SSSR count). The molecule has 56 heavy (non-hydrogen) atoms. The second kappa shape index (κ2) is 24.9. The van der Waals surface area contributed by atoms with Gasteiger partial charge in [0, 0.05) is 44.8 Å². The van der Waals surface area contributed by atoms with E-state index in [-0.39, 0.29) is 35.8 Å². The third-order valence-corrected chi connectivity index (χ3v) is 9.39. The topological polar surface area (TPSA) is 149 Å². The molecule has 0 aliphatic carbocycles. The standard InChI is InChI=1S/C33H43N5O7.C7H8.C2H6.C2H2/c1-22(2)8-13-25(28(31(41)35-44)21-38-32(42)26-6-4-5-7-27(26)33(38)43)30(40)34-20-29(39)23-9-11-24(12-10-23)45-19-18-37-16-14-36(3)15-17-37;1-7-5-3-2-4-6-7;2*1-2/h4-7,9-12,22,25,28,44H,8,13-21H2,1-3H3,(H,34,40)(H,35,41);2-6H,1H3;1-2H3;1-2H/t25-,28?;;;/m1.../s1. The van der Waals surface area contributed by atoms with Crippen molar-refractivity contribution < 1.29 is 33.9 Å². The minimum absolute atomic E-state index is 0.182. The van der Waals surface area contributed by atoms with Crippen LogP contribution in [0.25, 0.3) is 0 Å². The van der Waals surface area contributed by atoms with Crippen LogP contribution in [0.4, 0.5) is 0 Å². The number of ketones is 1. The Kier molecular flexibility index (Phi) is 20.8. The van der Waals surface area contributed by atoms with E-state index in [1.165, 1.54) is 17.7 Å². The molecule has 3 aromatic rings. The largest absolute Gasteiger partial charge is 0.492 e. The van der Waals surface area contributed by atoms with Crippen molar-refractivity contribution in [1.82, 2.24) is 25.5 Å². The maximum absolute atomic E-state index is 13.5. The van der Waals surface area contributed by atoms with Gasteiger partial charge in [-0.05, 0) is 62.7 Å². The number of hydrogen-bond donors (Lipinski definition) is 3. The van der Waals surface area contributed by atoms with Gasteiger partial charge in [0.05, 0.1) is 29.5 Å². The Bertz CT molecular complexity index is 1670. The summed E-state index contributed by atoms with van der Waals surface area (Å²) < 4.78 is 5.85. The summed E-state index contributed by atoms with van der Waals surface area (Å²) in [4.78, 5) is 70.9. The molecule has 302 valence electrons. The SMILES string of the molecule is C#C.CC.CC(C)CC[C@@H](C(=O)NCC(=O)c1ccc(OCCN2CCN(C)CC2)cc1)C(CN1C(=O)c2ccccc2C1=O)C(=O)NO.Cc1ccccc1. The van der Waals surface area contributed by atoms with Crippen LogP contribution in [0.15, 0.2) is 78.9 Å². The van der Waals surface area contributed by atoms with Crippen LogP contribution in [0.3, 0.4) is 0 Å². The van der Waals surface area contributed by atoms with Crippen LogP contribution >= 0.6 is 0 Å². The molecule has 0 radical (unpaired) electrons. The van der Waals surface area contributed by atoms with E-state index in [4.69, 9.17) is 4.74 Å². The summed E-state index contributed by atoms with van der Waals surface area (Å²) in [6.07, 6.45) is 8.79. The number of aryl methyl sites for hydroxylation is 1. The van der Waals surface area contributed by atoms with Crippen molar-refractivity contribution in [2.45, 2.75) is 47.5 Å². The maximum Gasteiger partial charge on any atom is 0.261 e. The quantitative estimate of drug-likeness (QED) is 0.0612. The van der Waals surface area contributed by atoms with E-state index < -0.39 is 42.0 Å². The number of carbonyl (C=O) groups is 5. The molecule has 2 aliphatic rings. The van der Waals surface area contributed by atoms with Crippen molar-refractivity contribution in [2.24, 2.45) is 17.8 Å². The number of ether oxygens (including phenoxy) is 1. The number of hydrogen-bond acceptors (Lipinski definition) is 9. The van der Waals surface area contributed by atoms with Crippen LogP contribution in [0.2, 0.25) is 0 Å². The number of rotatable bonds is 15. The minimum Gasteiger partial charge on any atom is -0.492 e. The van der Waals surface area contributed by atoms with E-state index in [1.807, 2.05) is 45.9 Å². The zero-order valence-electron chi connectivity index (χ0n) is 33.7. The lowest BCUT2D eigenvalue weighted by Crippen LogP contribution is -2.48. The first-order valence-corrected chi connectivity index (χ1v) is 19.2. The lowest BCUT2D eigenvalue weighted by atomic mass is 9.84. The number of benzene rings is 3. The molecule has 12 nitrogen and oxygen atoms in total. The highest BCUT2D eigenvalue weighted by atomic mass is 16.5. The van der Waals surface area contributed by atoms with Crippen LogP contribution in [0.5, 0.6) is 5.75 Å². The van der Waals surface area contributed by atoms with Crippen molar-refractivity contribution in [3.05, 3.63) is 101 Å². The van der Waals surface area contributed by atoms with Gasteiger partial charge in [0.2, 0.25) is 11.8 Å². The highest BCUT2D eigenvalue weighted by Crippen LogP contribution is 2.28. The number of likely N-dealkylation sites (N-methyl/N-ethyl adjacent to an activating group) is 1. The van der Waals surface area contributed by atoms with Crippen molar-refractivity contribution in [1.29, 1.82) is 0 Å². The summed E-state index contributed by atoms with van der Waals surface area (Å²) in [6.45, 7) is 14.7. The molecule has 0 aromatic heterocycles. The number of amides is 4. The first-order valence-electron chi connectivity index (χ1n) is 19.2. The van der Waals surface area contributed by atoms with E-state index in [2.05, 4.69) is 54.1 Å². The predicted octanol–water partition coefficient (Wildman–Crippen LogP) is 5.35. The summed E-state index contributed by atoms with van der Waals surface area (Å²) in [6, 6.07) is 23.3. The van der Waals surface area contributed by atoms with Gasteiger partial charge in [0.1, 0.15) is 12.4 Å². The Labute approximate surface area is 332 Å². The van der Waals surface area contributed by atoms with Crippen molar-refractivity contribution in [3.63, 3.8) is 0 Å². The molecule has 2 aliphatic heterocycles. The van der Waals surface area contributed by atoms with Crippen LogP contribution < -0.4 is 15.5 Å². The number of imide groups is 1. The van der Waals surface area contributed by atoms with Gasteiger partial charge in [-0.15, -0.1) is 12.8 Å².